The van der Waals surface area contributed by atoms with Crippen molar-refractivity contribution in [3.05, 3.63) is 57.9 Å². The van der Waals surface area contributed by atoms with Gasteiger partial charge in [0.25, 0.3) is 0 Å². The van der Waals surface area contributed by atoms with Gasteiger partial charge in [-0.2, -0.15) is 0 Å². The molecule has 0 fully saturated rings. The van der Waals surface area contributed by atoms with E-state index >= 15 is 0 Å². The van der Waals surface area contributed by atoms with Gasteiger partial charge in [-0.3, -0.25) is 4.79 Å². The van der Waals surface area contributed by atoms with Crippen LogP contribution in [-0.2, 0) is 14.3 Å². The van der Waals surface area contributed by atoms with Crippen molar-refractivity contribution < 1.29 is 14.3 Å². The Bertz CT molecular complexity index is 784. The number of carbonyl (C=O) groups excluding carboxylic acids is 2. The quantitative estimate of drug-likeness (QED) is 0.818. The first-order valence-corrected chi connectivity index (χ1v) is 9.45. The second-order valence-corrected chi connectivity index (χ2v) is 7.31. The monoisotopic (exact) mass is 353 g/mol. The summed E-state index contributed by atoms with van der Waals surface area (Å²) >= 11 is 0. The molecule has 0 aromatic heterocycles. The number of nitrogens with one attached hydrogen (secondary N) is 1. The number of ether oxygens (including phenoxy) is 1. The Morgan fingerprint density at radius 1 is 1.23 bits per heavy atom. The number of dihydropyridines is 1. The molecule has 0 unspecified atom stereocenters. The molecule has 0 bridgehead atoms. The van der Waals surface area contributed by atoms with Crippen molar-refractivity contribution in [1.29, 1.82) is 0 Å². The Hall–Kier alpha value is -2.36. The van der Waals surface area contributed by atoms with E-state index in [2.05, 4.69) is 31.3 Å². The predicted molar refractivity (Wildman–Crippen MR) is 102 cm³/mol. The molecular weight excluding hydrogens is 326 g/mol. The zero-order chi connectivity index (χ0) is 18.8. The van der Waals surface area contributed by atoms with Gasteiger partial charge in [-0.15, -0.1) is 0 Å². The maximum Gasteiger partial charge on any atom is 0.336 e. The van der Waals surface area contributed by atoms with Gasteiger partial charge in [0.2, 0.25) is 0 Å². The second kappa shape index (κ2) is 7.48. The topological polar surface area (TPSA) is 55.4 Å². The smallest absolute Gasteiger partial charge is 0.336 e. The number of hydrogen-bond acceptors (Lipinski definition) is 4. The molecule has 2 aliphatic rings. The highest BCUT2D eigenvalue weighted by Crippen LogP contribution is 2.42. The highest BCUT2D eigenvalue weighted by atomic mass is 16.5. The highest BCUT2D eigenvalue weighted by molar-refractivity contribution is 6.03. The van der Waals surface area contributed by atoms with Gasteiger partial charge in [-0.05, 0) is 43.7 Å². The molecule has 1 N–H and O–H groups in total. The lowest BCUT2D eigenvalue weighted by Crippen LogP contribution is -2.34. The third-order valence-electron chi connectivity index (χ3n) is 5.21. The minimum absolute atomic E-state index is 0.131. The summed E-state index contributed by atoms with van der Waals surface area (Å²) in [6.07, 6.45) is 2.23. The van der Waals surface area contributed by atoms with Crippen molar-refractivity contribution in [3.63, 3.8) is 0 Å². The fourth-order valence-corrected chi connectivity index (χ4v) is 3.87. The fraction of sp³-hybridized carbons (Fsp3) is 0.455. The van der Waals surface area contributed by atoms with Crippen molar-refractivity contribution in [1.82, 2.24) is 5.32 Å². The molecule has 1 aromatic carbocycles. The Morgan fingerprint density at radius 2 is 1.92 bits per heavy atom. The van der Waals surface area contributed by atoms with Crippen LogP contribution < -0.4 is 5.32 Å². The van der Waals surface area contributed by atoms with Crippen LogP contribution in [-0.4, -0.2) is 18.4 Å². The third kappa shape index (κ3) is 3.33. The molecule has 1 aromatic rings. The lowest BCUT2D eigenvalue weighted by molar-refractivity contribution is -0.138. The lowest BCUT2D eigenvalue weighted by atomic mass is 9.75. The number of ketones is 1. The van der Waals surface area contributed by atoms with E-state index < -0.39 is 0 Å². The van der Waals surface area contributed by atoms with Crippen molar-refractivity contribution >= 4 is 11.8 Å². The standard InChI is InChI=1S/C22H27NO3/c1-5-26-22(25)19-14(4)23-17-7-6-8-18(24)21(17)20(19)16-11-9-15(10-12-16)13(2)3/h9-13,20,23H,5-8H2,1-4H3/t20-/m1/s1. The van der Waals surface area contributed by atoms with E-state index in [1.807, 2.05) is 19.1 Å². The minimum Gasteiger partial charge on any atom is -0.463 e. The van der Waals surface area contributed by atoms with Gasteiger partial charge in [-0.1, -0.05) is 38.1 Å². The number of esters is 1. The first-order valence-electron chi connectivity index (χ1n) is 9.45. The number of benzene rings is 1. The summed E-state index contributed by atoms with van der Waals surface area (Å²) in [6.45, 7) is 8.31. The third-order valence-corrected chi connectivity index (χ3v) is 5.21. The summed E-state index contributed by atoms with van der Waals surface area (Å²) in [5.41, 5.74) is 5.26. The molecule has 4 heteroatoms. The molecule has 1 aliphatic heterocycles. The lowest BCUT2D eigenvalue weighted by Gasteiger charge is -2.34. The fourth-order valence-electron chi connectivity index (χ4n) is 3.87. The number of allylic oxidation sites excluding steroid dienone is 3. The molecule has 138 valence electrons. The van der Waals surface area contributed by atoms with Gasteiger partial charge < -0.3 is 10.1 Å². The Kier molecular flexibility index (Phi) is 5.30. The summed E-state index contributed by atoms with van der Waals surface area (Å²) in [7, 11) is 0. The van der Waals surface area contributed by atoms with E-state index in [9.17, 15) is 9.59 Å². The number of rotatable bonds is 4. The minimum atomic E-state index is -0.348. The average Bonchev–Trinajstić information content (AvgIpc) is 2.61. The maximum absolute atomic E-state index is 12.7. The van der Waals surface area contributed by atoms with Crippen molar-refractivity contribution in [2.24, 2.45) is 0 Å². The Balaban J connectivity index is 2.12. The summed E-state index contributed by atoms with van der Waals surface area (Å²) in [6, 6.07) is 8.27. The molecule has 0 saturated heterocycles. The number of carbonyl (C=O) groups is 2. The molecule has 4 nitrogen and oxygen atoms in total. The highest BCUT2D eigenvalue weighted by Gasteiger charge is 2.38. The van der Waals surface area contributed by atoms with Crippen LogP contribution in [0.3, 0.4) is 0 Å². The SMILES string of the molecule is CCOC(=O)C1=C(C)NC2=C(C(=O)CCC2)[C@@H]1c1ccc(C(C)C)cc1. The Morgan fingerprint density at radius 3 is 2.54 bits per heavy atom. The normalized spacial score (nSPS) is 20.2. The molecule has 0 amide bonds. The van der Waals surface area contributed by atoms with E-state index in [4.69, 9.17) is 4.74 Å². The van der Waals surface area contributed by atoms with Crippen LogP contribution in [0.5, 0.6) is 0 Å². The zero-order valence-electron chi connectivity index (χ0n) is 16.0. The first kappa shape index (κ1) is 18.4. The summed E-state index contributed by atoms with van der Waals surface area (Å²) in [5, 5.41) is 3.31. The van der Waals surface area contributed by atoms with E-state index in [-0.39, 0.29) is 17.7 Å². The van der Waals surface area contributed by atoms with E-state index in [1.54, 1.807) is 6.92 Å². The van der Waals surface area contributed by atoms with Crippen molar-refractivity contribution in [2.45, 2.75) is 58.8 Å². The molecule has 1 heterocycles. The molecule has 1 atom stereocenters. The van der Waals surface area contributed by atoms with Gasteiger partial charge in [0.1, 0.15) is 0 Å². The van der Waals surface area contributed by atoms with Crippen LogP contribution in [0, 0.1) is 0 Å². The Labute approximate surface area is 155 Å². The van der Waals surface area contributed by atoms with Gasteiger partial charge in [0, 0.05) is 29.3 Å². The van der Waals surface area contributed by atoms with Crippen molar-refractivity contribution in [2.75, 3.05) is 6.61 Å². The van der Waals surface area contributed by atoms with Gasteiger partial charge >= 0.3 is 5.97 Å². The van der Waals surface area contributed by atoms with Crippen LogP contribution in [0.25, 0.3) is 0 Å². The van der Waals surface area contributed by atoms with Crippen LogP contribution in [0.1, 0.15) is 69.9 Å². The van der Waals surface area contributed by atoms with Gasteiger partial charge in [-0.25, -0.2) is 4.79 Å². The van der Waals surface area contributed by atoms with E-state index in [0.29, 0.717) is 24.5 Å². The number of Topliss-reactive ketones (excluding diaryl/α,β-unsaturated/α-hetero) is 1. The van der Waals surface area contributed by atoms with E-state index in [1.165, 1.54) is 5.56 Å². The summed E-state index contributed by atoms with van der Waals surface area (Å²) in [5.74, 6) is -0.129. The summed E-state index contributed by atoms with van der Waals surface area (Å²) in [4.78, 5) is 25.4. The molecule has 3 rings (SSSR count). The van der Waals surface area contributed by atoms with Gasteiger partial charge in [0.15, 0.2) is 5.78 Å². The van der Waals surface area contributed by atoms with Crippen LogP contribution in [0.4, 0.5) is 0 Å². The van der Waals surface area contributed by atoms with Crippen LogP contribution in [0.15, 0.2) is 46.8 Å². The molecule has 0 radical (unpaired) electrons. The molecule has 26 heavy (non-hydrogen) atoms. The van der Waals surface area contributed by atoms with E-state index in [0.717, 1.165) is 35.4 Å². The van der Waals surface area contributed by atoms with Crippen LogP contribution in [0.2, 0.25) is 0 Å². The second-order valence-electron chi connectivity index (χ2n) is 7.31. The largest absolute Gasteiger partial charge is 0.463 e. The predicted octanol–water partition coefficient (Wildman–Crippen LogP) is 4.34. The zero-order valence-corrected chi connectivity index (χ0v) is 16.0. The van der Waals surface area contributed by atoms with Gasteiger partial charge in [0.05, 0.1) is 12.2 Å². The molecular formula is C22H27NO3. The molecule has 1 aliphatic carbocycles. The van der Waals surface area contributed by atoms with Crippen molar-refractivity contribution in [3.8, 4) is 0 Å². The number of hydrogen-bond donors (Lipinski definition) is 1. The molecule has 0 spiro atoms. The maximum atomic E-state index is 12.7. The first-order chi connectivity index (χ1) is 12.4. The summed E-state index contributed by atoms with van der Waals surface area (Å²) < 4.78 is 5.31. The average molecular weight is 353 g/mol. The molecule has 0 saturated carbocycles. The van der Waals surface area contributed by atoms with Crippen LogP contribution >= 0.6 is 0 Å².